The van der Waals surface area contributed by atoms with Crippen LogP contribution < -0.4 is 5.73 Å². The van der Waals surface area contributed by atoms with E-state index in [0.717, 1.165) is 12.8 Å². The van der Waals surface area contributed by atoms with Crippen LogP contribution in [-0.4, -0.2) is 23.3 Å². The number of carbonyl (C=O) groups is 1. The summed E-state index contributed by atoms with van der Waals surface area (Å²) in [6.07, 6.45) is -3.91. The van der Waals surface area contributed by atoms with E-state index in [2.05, 4.69) is 0 Å². The van der Waals surface area contributed by atoms with E-state index in [0.29, 0.717) is 0 Å². The molecule has 0 bridgehead atoms. The fourth-order valence-corrected chi connectivity index (χ4v) is 1.59. The van der Waals surface area contributed by atoms with Crippen LogP contribution in [0, 0.1) is 11.8 Å². The van der Waals surface area contributed by atoms with Crippen LogP contribution in [0.1, 0.15) is 25.7 Å². The van der Waals surface area contributed by atoms with Crippen molar-refractivity contribution in [1.82, 2.24) is 0 Å². The van der Waals surface area contributed by atoms with Crippen molar-refractivity contribution < 1.29 is 23.1 Å². The van der Waals surface area contributed by atoms with Gasteiger partial charge in [0.2, 0.25) is 0 Å². The van der Waals surface area contributed by atoms with Crippen molar-refractivity contribution in [2.24, 2.45) is 17.6 Å². The lowest BCUT2D eigenvalue weighted by Crippen LogP contribution is -2.34. The molecule has 0 saturated heterocycles. The van der Waals surface area contributed by atoms with Gasteiger partial charge >= 0.3 is 12.1 Å². The van der Waals surface area contributed by atoms with Gasteiger partial charge in [0.05, 0.1) is 12.3 Å². The van der Waals surface area contributed by atoms with Crippen LogP contribution in [0.4, 0.5) is 13.2 Å². The molecule has 2 unspecified atom stereocenters. The Labute approximate surface area is 85.4 Å². The molecule has 0 aromatic rings. The summed E-state index contributed by atoms with van der Waals surface area (Å²) < 4.78 is 37.2. The van der Waals surface area contributed by atoms with Gasteiger partial charge in [0.15, 0.2) is 0 Å². The van der Waals surface area contributed by atoms with Crippen LogP contribution in [0.3, 0.4) is 0 Å². The number of carboxylic acids is 1. The highest BCUT2D eigenvalue weighted by molar-refractivity contribution is 5.67. The van der Waals surface area contributed by atoms with Crippen molar-refractivity contribution in [2.75, 3.05) is 0 Å². The second kappa shape index (κ2) is 4.38. The average Bonchev–Trinajstić information content (AvgIpc) is 2.81. The van der Waals surface area contributed by atoms with Gasteiger partial charge in [-0.2, -0.15) is 13.2 Å². The SMILES string of the molecule is NC(CC(CC(=O)O)C(F)(F)F)C1CC1. The lowest BCUT2D eigenvalue weighted by Gasteiger charge is -2.21. The van der Waals surface area contributed by atoms with Crippen LogP contribution >= 0.6 is 0 Å². The van der Waals surface area contributed by atoms with Gasteiger partial charge in [-0.15, -0.1) is 0 Å². The summed E-state index contributed by atoms with van der Waals surface area (Å²) in [5, 5.41) is 8.37. The Bertz CT molecular complexity index is 238. The molecule has 1 aliphatic carbocycles. The van der Waals surface area contributed by atoms with E-state index in [1.165, 1.54) is 0 Å². The predicted molar refractivity (Wildman–Crippen MR) is 47.1 cm³/mol. The van der Waals surface area contributed by atoms with E-state index >= 15 is 0 Å². The molecule has 0 spiro atoms. The first-order valence-corrected chi connectivity index (χ1v) is 4.84. The van der Waals surface area contributed by atoms with Crippen LogP contribution in [0.5, 0.6) is 0 Å². The molecular formula is C9H14F3NO2. The monoisotopic (exact) mass is 225 g/mol. The minimum absolute atomic E-state index is 0.156. The first-order valence-electron chi connectivity index (χ1n) is 4.84. The molecular weight excluding hydrogens is 211 g/mol. The summed E-state index contributed by atoms with van der Waals surface area (Å²) >= 11 is 0. The zero-order valence-corrected chi connectivity index (χ0v) is 8.13. The van der Waals surface area contributed by atoms with Gasteiger partial charge in [0.1, 0.15) is 0 Å². The molecule has 1 fully saturated rings. The van der Waals surface area contributed by atoms with Crippen LogP contribution in [0.2, 0.25) is 0 Å². The van der Waals surface area contributed by atoms with Crippen molar-refractivity contribution in [2.45, 2.75) is 37.9 Å². The molecule has 3 N–H and O–H groups in total. The topological polar surface area (TPSA) is 63.3 Å². The highest BCUT2D eigenvalue weighted by Gasteiger charge is 2.43. The van der Waals surface area contributed by atoms with Crippen molar-refractivity contribution in [3.63, 3.8) is 0 Å². The Morgan fingerprint density at radius 3 is 2.33 bits per heavy atom. The third-order valence-electron chi connectivity index (χ3n) is 2.67. The number of hydrogen-bond acceptors (Lipinski definition) is 2. The molecule has 0 radical (unpaired) electrons. The normalized spacial score (nSPS) is 21.1. The van der Waals surface area contributed by atoms with E-state index < -0.39 is 30.5 Å². The summed E-state index contributed by atoms with van der Waals surface area (Å²) in [6.45, 7) is 0. The zero-order chi connectivity index (χ0) is 11.6. The lowest BCUT2D eigenvalue weighted by molar-refractivity contribution is -0.185. The van der Waals surface area contributed by atoms with Gasteiger partial charge in [0.25, 0.3) is 0 Å². The van der Waals surface area contributed by atoms with E-state index in [-0.39, 0.29) is 12.3 Å². The van der Waals surface area contributed by atoms with E-state index in [1.807, 2.05) is 0 Å². The van der Waals surface area contributed by atoms with Crippen molar-refractivity contribution in [3.05, 3.63) is 0 Å². The quantitative estimate of drug-likeness (QED) is 0.749. The maximum absolute atomic E-state index is 12.4. The minimum atomic E-state index is -4.47. The van der Waals surface area contributed by atoms with Crippen LogP contribution in [0.25, 0.3) is 0 Å². The maximum atomic E-state index is 12.4. The molecule has 0 heterocycles. The molecule has 88 valence electrons. The highest BCUT2D eigenvalue weighted by Crippen LogP contribution is 2.38. The Balaban J connectivity index is 2.51. The van der Waals surface area contributed by atoms with E-state index in [4.69, 9.17) is 10.8 Å². The summed E-state index contributed by atoms with van der Waals surface area (Å²) in [5.41, 5.74) is 5.56. The number of rotatable bonds is 5. The number of halogens is 3. The smallest absolute Gasteiger partial charge is 0.392 e. The summed E-state index contributed by atoms with van der Waals surface area (Å²) in [5.74, 6) is -3.09. The van der Waals surface area contributed by atoms with Gasteiger partial charge < -0.3 is 10.8 Å². The lowest BCUT2D eigenvalue weighted by atomic mass is 9.94. The van der Waals surface area contributed by atoms with Crippen molar-refractivity contribution >= 4 is 5.97 Å². The first kappa shape index (κ1) is 12.3. The summed E-state index contributed by atoms with van der Waals surface area (Å²) in [6, 6.07) is -0.518. The molecule has 1 rings (SSSR count). The number of nitrogens with two attached hydrogens (primary N) is 1. The average molecular weight is 225 g/mol. The molecule has 0 amide bonds. The number of alkyl halides is 3. The molecule has 0 aliphatic heterocycles. The van der Waals surface area contributed by atoms with Crippen LogP contribution in [0.15, 0.2) is 0 Å². The number of carboxylic acid groups (broad SMARTS) is 1. The van der Waals surface area contributed by atoms with Gasteiger partial charge in [-0.3, -0.25) is 4.79 Å². The molecule has 1 saturated carbocycles. The fraction of sp³-hybridized carbons (Fsp3) is 0.889. The standard InChI is InChI=1S/C9H14F3NO2/c10-9(11,12)6(4-8(14)15)3-7(13)5-1-2-5/h5-7H,1-4,13H2,(H,14,15). The fourth-order valence-electron chi connectivity index (χ4n) is 1.59. The third-order valence-corrected chi connectivity index (χ3v) is 2.67. The van der Waals surface area contributed by atoms with Gasteiger partial charge in [-0.05, 0) is 25.2 Å². The number of aliphatic carboxylic acids is 1. The third kappa shape index (κ3) is 4.07. The van der Waals surface area contributed by atoms with E-state index in [1.54, 1.807) is 0 Å². The predicted octanol–water partition coefficient (Wildman–Crippen LogP) is 1.77. The second-order valence-electron chi connectivity index (χ2n) is 4.07. The van der Waals surface area contributed by atoms with Gasteiger partial charge in [-0.1, -0.05) is 0 Å². The minimum Gasteiger partial charge on any atom is -0.481 e. The van der Waals surface area contributed by atoms with Crippen molar-refractivity contribution in [3.8, 4) is 0 Å². The summed E-state index contributed by atoms with van der Waals surface area (Å²) in [7, 11) is 0. The number of hydrogen-bond donors (Lipinski definition) is 2. The largest absolute Gasteiger partial charge is 0.481 e. The molecule has 3 nitrogen and oxygen atoms in total. The Kier molecular flexibility index (Phi) is 3.59. The van der Waals surface area contributed by atoms with Crippen molar-refractivity contribution in [1.29, 1.82) is 0 Å². The first-order chi connectivity index (χ1) is 6.80. The Morgan fingerprint density at radius 1 is 1.47 bits per heavy atom. The molecule has 0 aromatic heterocycles. The Hall–Kier alpha value is -0.780. The van der Waals surface area contributed by atoms with E-state index in [9.17, 15) is 18.0 Å². The molecule has 15 heavy (non-hydrogen) atoms. The zero-order valence-electron chi connectivity index (χ0n) is 8.13. The molecule has 6 heteroatoms. The van der Waals surface area contributed by atoms with Gasteiger partial charge in [-0.25, -0.2) is 0 Å². The molecule has 0 aromatic carbocycles. The van der Waals surface area contributed by atoms with Gasteiger partial charge in [0, 0.05) is 6.04 Å². The Morgan fingerprint density at radius 2 is 2.00 bits per heavy atom. The van der Waals surface area contributed by atoms with Crippen LogP contribution in [-0.2, 0) is 4.79 Å². The molecule has 2 atom stereocenters. The second-order valence-corrected chi connectivity index (χ2v) is 4.07. The summed E-state index contributed by atoms with van der Waals surface area (Å²) in [4.78, 5) is 10.3. The molecule has 1 aliphatic rings. The highest BCUT2D eigenvalue weighted by atomic mass is 19.4. The maximum Gasteiger partial charge on any atom is 0.392 e.